The molecule has 0 spiro atoms. The van der Waals surface area contributed by atoms with E-state index in [0.717, 1.165) is 17.1 Å². The highest BCUT2D eigenvalue weighted by Gasteiger charge is 2.06. The number of carbonyl (C=O) groups excluding carboxylic acids is 2. The summed E-state index contributed by atoms with van der Waals surface area (Å²) in [7, 11) is 1.72. The molecule has 2 aromatic rings. The van der Waals surface area contributed by atoms with Gasteiger partial charge in [0.25, 0.3) is 0 Å². The van der Waals surface area contributed by atoms with Gasteiger partial charge in [-0.1, -0.05) is 0 Å². The van der Waals surface area contributed by atoms with Crippen molar-refractivity contribution in [2.75, 3.05) is 35.7 Å². The summed E-state index contributed by atoms with van der Waals surface area (Å²) in [6.07, 6.45) is 0. The van der Waals surface area contributed by atoms with Crippen LogP contribution in [-0.4, -0.2) is 32.0 Å². The topological polar surface area (TPSA) is 70.7 Å². The number of nitrogens with one attached hydrogen (secondary N) is 2. The molecule has 132 valence electrons. The maximum Gasteiger partial charge on any atom is 0.243 e. The van der Waals surface area contributed by atoms with Crippen molar-refractivity contribution in [3.05, 3.63) is 48.5 Å². The second-order valence-electron chi connectivity index (χ2n) is 5.48. The van der Waals surface area contributed by atoms with Crippen LogP contribution in [0.5, 0.6) is 5.75 Å². The first-order valence-electron chi connectivity index (χ1n) is 8.10. The SMILES string of the molecule is CCOc1ccc(NC(=O)CNc2ccc(N(C)C(C)=O)cc2)cc1. The lowest BCUT2D eigenvalue weighted by Gasteiger charge is -2.15. The van der Waals surface area contributed by atoms with Crippen molar-refractivity contribution in [1.82, 2.24) is 0 Å². The van der Waals surface area contributed by atoms with E-state index in [1.807, 2.05) is 43.3 Å². The average Bonchev–Trinajstić information content (AvgIpc) is 2.61. The van der Waals surface area contributed by atoms with Crippen LogP contribution in [0, 0.1) is 0 Å². The summed E-state index contributed by atoms with van der Waals surface area (Å²) >= 11 is 0. The van der Waals surface area contributed by atoms with E-state index in [9.17, 15) is 9.59 Å². The molecule has 0 unspecified atom stereocenters. The fraction of sp³-hybridized carbons (Fsp3) is 0.263. The third-order valence-corrected chi connectivity index (χ3v) is 3.63. The lowest BCUT2D eigenvalue weighted by molar-refractivity contribution is -0.116. The molecule has 6 heteroatoms. The van der Waals surface area contributed by atoms with Gasteiger partial charge in [0, 0.05) is 31.0 Å². The van der Waals surface area contributed by atoms with E-state index in [4.69, 9.17) is 4.74 Å². The zero-order valence-electron chi connectivity index (χ0n) is 14.7. The number of carbonyl (C=O) groups is 2. The Kier molecular flexibility index (Phi) is 6.39. The van der Waals surface area contributed by atoms with Crippen LogP contribution in [0.15, 0.2) is 48.5 Å². The second-order valence-corrected chi connectivity index (χ2v) is 5.48. The number of hydrogen-bond donors (Lipinski definition) is 2. The maximum atomic E-state index is 12.0. The second kappa shape index (κ2) is 8.73. The summed E-state index contributed by atoms with van der Waals surface area (Å²) in [5.41, 5.74) is 2.33. The first-order valence-corrected chi connectivity index (χ1v) is 8.10. The van der Waals surface area contributed by atoms with Crippen molar-refractivity contribution in [1.29, 1.82) is 0 Å². The van der Waals surface area contributed by atoms with Crippen LogP contribution in [0.3, 0.4) is 0 Å². The smallest absolute Gasteiger partial charge is 0.243 e. The molecule has 0 aromatic heterocycles. The first kappa shape index (κ1) is 18.3. The third kappa shape index (κ3) is 5.53. The zero-order valence-corrected chi connectivity index (χ0v) is 14.7. The standard InChI is InChI=1S/C19H23N3O3/c1-4-25-18-11-7-16(8-12-18)21-19(24)13-20-15-5-9-17(10-6-15)22(3)14(2)23/h5-12,20H,4,13H2,1-3H3,(H,21,24). The Morgan fingerprint density at radius 2 is 1.60 bits per heavy atom. The van der Waals surface area contributed by atoms with Gasteiger partial charge in [-0.25, -0.2) is 0 Å². The number of anilines is 3. The van der Waals surface area contributed by atoms with Crippen LogP contribution in [0.4, 0.5) is 17.1 Å². The molecule has 2 N–H and O–H groups in total. The van der Waals surface area contributed by atoms with E-state index >= 15 is 0 Å². The van der Waals surface area contributed by atoms with Gasteiger partial charge in [0.15, 0.2) is 0 Å². The number of amides is 2. The van der Waals surface area contributed by atoms with Crippen molar-refractivity contribution in [2.45, 2.75) is 13.8 Å². The minimum absolute atomic E-state index is 0.0320. The number of hydrogen-bond acceptors (Lipinski definition) is 4. The molecule has 0 saturated carbocycles. The predicted molar refractivity (Wildman–Crippen MR) is 100 cm³/mol. The van der Waals surface area contributed by atoms with Crippen molar-refractivity contribution in [3.8, 4) is 5.75 Å². The largest absolute Gasteiger partial charge is 0.494 e. The minimum Gasteiger partial charge on any atom is -0.494 e. The summed E-state index contributed by atoms with van der Waals surface area (Å²) in [6, 6.07) is 14.6. The fourth-order valence-corrected chi connectivity index (χ4v) is 2.17. The average molecular weight is 341 g/mol. The van der Waals surface area contributed by atoms with Gasteiger partial charge in [0.05, 0.1) is 13.2 Å². The molecule has 0 aliphatic heterocycles. The van der Waals surface area contributed by atoms with E-state index in [1.165, 1.54) is 6.92 Å². The highest BCUT2D eigenvalue weighted by Crippen LogP contribution is 2.17. The van der Waals surface area contributed by atoms with Gasteiger partial charge in [-0.2, -0.15) is 0 Å². The van der Waals surface area contributed by atoms with Gasteiger partial charge in [-0.05, 0) is 55.5 Å². The predicted octanol–water partition coefficient (Wildman–Crippen LogP) is 3.12. The molecule has 2 rings (SSSR count). The number of rotatable bonds is 7. The Labute approximate surface area is 147 Å². The van der Waals surface area contributed by atoms with Gasteiger partial charge in [-0.3, -0.25) is 9.59 Å². The van der Waals surface area contributed by atoms with Gasteiger partial charge in [0.1, 0.15) is 5.75 Å². The quantitative estimate of drug-likeness (QED) is 0.812. The first-order chi connectivity index (χ1) is 12.0. The fourth-order valence-electron chi connectivity index (χ4n) is 2.17. The van der Waals surface area contributed by atoms with Gasteiger partial charge in [0.2, 0.25) is 11.8 Å². The molecule has 2 aromatic carbocycles. The zero-order chi connectivity index (χ0) is 18.2. The van der Waals surface area contributed by atoms with Crippen LogP contribution in [0.1, 0.15) is 13.8 Å². The van der Waals surface area contributed by atoms with E-state index in [2.05, 4.69) is 10.6 Å². The highest BCUT2D eigenvalue weighted by molar-refractivity contribution is 5.94. The van der Waals surface area contributed by atoms with Gasteiger partial charge >= 0.3 is 0 Å². The Morgan fingerprint density at radius 3 is 2.16 bits per heavy atom. The lowest BCUT2D eigenvalue weighted by atomic mass is 10.2. The van der Waals surface area contributed by atoms with Crippen LogP contribution in [-0.2, 0) is 9.59 Å². The van der Waals surface area contributed by atoms with Crippen LogP contribution in [0.25, 0.3) is 0 Å². The molecule has 0 radical (unpaired) electrons. The van der Waals surface area contributed by atoms with Crippen molar-refractivity contribution in [3.63, 3.8) is 0 Å². The van der Waals surface area contributed by atoms with Crippen LogP contribution >= 0.6 is 0 Å². The normalized spacial score (nSPS) is 10.0. The molecular weight excluding hydrogens is 318 g/mol. The van der Waals surface area contributed by atoms with E-state index in [-0.39, 0.29) is 18.4 Å². The summed E-state index contributed by atoms with van der Waals surface area (Å²) in [4.78, 5) is 24.9. The lowest BCUT2D eigenvalue weighted by Crippen LogP contribution is -2.23. The van der Waals surface area contributed by atoms with Crippen molar-refractivity contribution in [2.24, 2.45) is 0 Å². The molecule has 6 nitrogen and oxygen atoms in total. The van der Waals surface area contributed by atoms with Crippen molar-refractivity contribution < 1.29 is 14.3 Å². The summed E-state index contributed by atoms with van der Waals surface area (Å²) in [5, 5.41) is 5.87. The molecule has 0 atom stereocenters. The van der Waals surface area contributed by atoms with Gasteiger partial charge < -0.3 is 20.3 Å². The molecule has 0 fully saturated rings. The molecule has 0 bridgehead atoms. The maximum absolute atomic E-state index is 12.0. The third-order valence-electron chi connectivity index (χ3n) is 3.63. The molecular formula is C19H23N3O3. The molecule has 0 heterocycles. The minimum atomic E-state index is -0.144. The number of ether oxygens (including phenoxy) is 1. The molecule has 0 aliphatic carbocycles. The molecule has 2 amide bonds. The van der Waals surface area contributed by atoms with E-state index < -0.39 is 0 Å². The molecule has 25 heavy (non-hydrogen) atoms. The van der Waals surface area contributed by atoms with Crippen LogP contribution in [0.2, 0.25) is 0 Å². The Balaban J connectivity index is 1.84. The highest BCUT2D eigenvalue weighted by atomic mass is 16.5. The van der Waals surface area contributed by atoms with E-state index in [0.29, 0.717) is 12.3 Å². The molecule has 0 aliphatic rings. The summed E-state index contributed by atoms with van der Waals surface area (Å²) in [6.45, 7) is 4.19. The Bertz CT molecular complexity index is 712. The van der Waals surface area contributed by atoms with E-state index in [1.54, 1.807) is 24.1 Å². The van der Waals surface area contributed by atoms with Crippen molar-refractivity contribution >= 4 is 28.9 Å². The Morgan fingerprint density at radius 1 is 1.00 bits per heavy atom. The summed E-state index contributed by atoms with van der Waals surface area (Å²) < 4.78 is 5.36. The number of nitrogens with zero attached hydrogens (tertiary/aromatic N) is 1. The van der Waals surface area contributed by atoms with Gasteiger partial charge in [-0.15, -0.1) is 0 Å². The van der Waals surface area contributed by atoms with Crippen LogP contribution < -0.4 is 20.3 Å². The molecule has 0 saturated heterocycles. The Hall–Kier alpha value is -3.02. The monoisotopic (exact) mass is 341 g/mol. The number of benzene rings is 2. The summed E-state index contributed by atoms with van der Waals surface area (Å²) in [5.74, 6) is 0.596.